The first-order valence-corrected chi connectivity index (χ1v) is 6.85. The molecule has 0 bridgehead atoms. The Morgan fingerprint density at radius 2 is 2.00 bits per heavy atom. The Bertz CT molecular complexity index is 649. The van der Waals surface area contributed by atoms with Gasteiger partial charge in [-0.25, -0.2) is 0 Å². The van der Waals surface area contributed by atoms with Gasteiger partial charge in [-0.1, -0.05) is 44.3 Å². The zero-order valence-corrected chi connectivity index (χ0v) is 12.3. The summed E-state index contributed by atoms with van der Waals surface area (Å²) >= 11 is 5.00. The number of hydrogen-bond acceptors (Lipinski definition) is 3. The fourth-order valence-electron chi connectivity index (χ4n) is 2.07. The second kappa shape index (κ2) is 5.96. The molecule has 0 fully saturated rings. The molecule has 4 nitrogen and oxygen atoms in total. The van der Waals surface area contributed by atoms with E-state index in [4.69, 9.17) is 18.0 Å². The SMILES string of the molecule is CC(C)C(NC(=O)c1cccc2cccnc12)C(N)=S. The van der Waals surface area contributed by atoms with E-state index in [0.29, 0.717) is 16.1 Å². The quantitative estimate of drug-likeness (QED) is 0.847. The van der Waals surface area contributed by atoms with Crippen molar-refractivity contribution in [3.05, 3.63) is 42.1 Å². The third-order valence-corrected chi connectivity index (χ3v) is 3.39. The van der Waals surface area contributed by atoms with Crippen molar-refractivity contribution in [2.75, 3.05) is 0 Å². The first kappa shape index (κ1) is 14.4. The summed E-state index contributed by atoms with van der Waals surface area (Å²) < 4.78 is 0. The Labute approximate surface area is 123 Å². The van der Waals surface area contributed by atoms with Gasteiger partial charge in [0.15, 0.2) is 0 Å². The number of hydrogen-bond donors (Lipinski definition) is 2. The van der Waals surface area contributed by atoms with Crippen LogP contribution in [0.25, 0.3) is 10.9 Å². The van der Waals surface area contributed by atoms with Crippen molar-refractivity contribution in [1.29, 1.82) is 0 Å². The number of thiocarbonyl (C=S) groups is 1. The van der Waals surface area contributed by atoms with Crippen LogP contribution in [0.15, 0.2) is 36.5 Å². The summed E-state index contributed by atoms with van der Waals surface area (Å²) in [6.07, 6.45) is 1.67. The Kier molecular flexibility index (Phi) is 4.29. The van der Waals surface area contributed by atoms with Crippen molar-refractivity contribution in [3.8, 4) is 0 Å². The van der Waals surface area contributed by atoms with E-state index in [1.165, 1.54) is 0 Å². The number of nitrogens with two attached hydrogens (primary N) is 1. The number of pyridine rings is 1. The van der Waals surface area contributed by atoms with Gasteiger partial charge in [0.25, 0.3) is 5.91 Å². The molecule has 20 heavy (non-hydrogen) atoms. The van der Waals surface area contributed by atoms with E-state index in [2.05, 4.69) is 10.3 Å². The number of rotatable bonds is 4. The van der Waals surface area contributed by atoms with Crippen molar-refractivity contribution in [2.45, 2.75) is 19.9 Å². The highest BCUT2D eigenvalue weighted by Crippen LogP contribution is 2.16. The average Bonchev–Trinajstić information content (AvgIpc) is 2.43. The van der Waals surface area contributed by atoms with Crippen LogP contribution in [0.5, 0.6) is 0 Å². The van der Waals surface area contributed by atoms with Gasteiger partial charge in [-0.15, -0.1) is 0 Å². The average molecular weight is 287 g/mol. The van der Waals surface area contributed by atoms with Crippen molar-refractivity contribution in [3.63, 3.8) is 0 Å². The molecule has 0 aliphatic rings. The topological polar surface area (TPSA) is 68.0 Å². The van der Waals surface area contributed by atoms with Crippen molar-refractivity contribution in [1.82, 2.24) is 10.3 Å². The molecular formula is C15H17N3OS. The van der Waals surface area contributed by atoms with E-state index in [9.17, 15) is 4.79 Å². The summed E-state index contributed by atoms with van der Waals surface area (Å²) in [5.74, 6) is -0.0693. The Morgan fingerprint density at radius 3 is 2.65 bits per heavy atom. The molecule has 1 unspecified atom stereocenters. The summed E-state index contributed by atoms with van der Waals surface area (Å²) in [5, 5.41) is 3.81. The number of aromatic nitrogens is 1. The highest BCUT2D eigenvalue weighted by Gasteiger charge is 2.20. The molecule has 1 amide bonds. The first-order valence-electron chi connectivity index (χ1n) is 6.44. The summed E-state index contributed by atoms with van der Waals surface area (Å²) in [7, 11) is 0. The molecule has 2 aromatic rings. The molecule has 0 aliphatic carbocycles. The molecule has 1 aromatic heterocycles. The molecule has 0 saturated carbocycles. The van der Waals surface area contributed by atoms with E-state index in [1.807, 2.05) is 38.1 Å². The Hall–Kier alpha value is -2.01. The lowest BCUT2D eigenvalue weighted by atomic mass is 10.0. The molecule has 3 N–H and O–H groups in total. The fraction of sp³-hybridized carbons (Fsp3) is 0.267. The van der Waals surface area contributed by atoms with Crippen LogP contribution in [0, 0.1) is 5.92 Å². The molecule has 2 rings (SSSR count). The minimum Gasteiger partial charge on any atom is -0.392 e. The molecule has 1 heterocycles. The molecular weight excluding hydrogens is 270 g/mol. The number of carbonyl (C=O) groups is 1. The second-order valence-electron chi connectivity index (χ2n) is 4.98. The number of carbonyl (C=O) groups excluding carboxylic acids is 1. The van der Waals surface area contributed by atoms with Gasteiger partial charge in [0.1, 0.15) is 0 Å². The van der Waals surface area contributed by atoms with Gasteiger partial charge in [0.05, 0.1) is 22.1 Å². The number of benzene rings is 1. The number of nitrogens with one attached hydrogen (secondary N) is 1. The van der Waals surface area contributed by atoms with Gasteiger partial charge in [0, 0.05) is 11.6 Å². The molecule has 0 radical (unpaired) electrons. The van der Waals surface area contributed by atoms with E-state index in [-0.39, 0.29) is 17.9 Å². The zero-order valence-electron chi connectivity index (χ0n) is 11.5. The van der Waals surface area contributed by atoms with Gasteiger partial charge >= 0.3 is 0 Å². The Balaban J connectivity index is 2.34. The van der Waals surface area contributed by atoms with Crippen molar-refractivity contribution >= 4 is 34.0 Å². The monoisotopic (exact) mass is 287 g/mol. The minimum atomic E-state index is -0.323. The summed E-state index contributed by atoms with van der Waals surface area (Å²) in [6.45, 7) is 3.93. The van der Waals surface area contributed by atoms with Gasteiger partial charge < -0.3 is 11.1 Å². The summed E-state index contributed by atoms with van der Waals surface area (Å²) in [6, 6.07) is 8.96. The number of nitrogens with zero attached hydrogens (tertiary/aromatic N) is 1. The smallest absolute Gasteiger partial charge is 0.254 e. The maximum atomic E-state index is 12.4. The van der Waals surface area contributed by atoms with E-state index in [1.54, 1.807) is 12.3 Å². The third-order valence-electron chi connectivity index (χ3n) is 3.14. The lowest BCUT2D eigenvalue weighted by Crippen LogP contribution is -2.46. The standard InChI is InChI=1S/C15H17N3OS/c1-9(2)12(14(16)20)18-15(19)11-7-3-5-10-6-4-8-17-13(10)11/h3-9,12H,1-2H3,(H2,16,20)(H,18,19). The molecule has 1 aromatic carbocycles. The molecule has 1 atom stereocenters. The first-order chi connectivity index (χ1) is 9.50. The maximum absolute atomic E-state index is 12.4. The summed E-state index contributed by atoms with van der Waals surface area (Å²) in [5.41, 5.74) is 6.89. The summed E-state index contributed by atoms with van der Waals surface area (Å²) in [4.78, 5) is 17.0. The van der Waals surface area contributed by atoms with Gasteiger partial charge in [-0.2, -0.15) is 0 Å². The van der Waals surface area contributed by atoms with Crippen LogP contribution in [0.3, 0.4) is 0 Å². The van der Waals surface area contributed by atoms with Gasteiger partial charge in [-0.3, -0.25) is 9.78 Å². The minimum absolute atomic E-state index is 0.138. The maximum Gasteiger partial charge on any atom is 0.254 e. The predicted molar refractivity (Wildman–Crippen MR) is 84.6 cm³/mol. The highest BCUT2D eigenvalue weighted by atomic mass is 32.1. The van der Waals surface area contributed by atoms with Crippen molar-refractivity contribution in [2.24, 2.45) is 11.7 Å². The highest BCUT2D eigenvalue weighted by molar-refractivity contribution is 7.80. The van der Waals surface area contributed by atoms with Crippen LogP contribution >= 0.6 is 12.2 Å². The van der Waals surface area contributed by atoms with Crippen molar-refractivity contribution < 1.29 is 4.79 Å². The third kappa shape index (κ3) is 2.93. The normalized spacial score (nSPS) is 12.3. The second-order valence-corrected chi connectivity index (χ2v) is 5.45. The fourth-order valence-corrected chi connectivity index (χ4v) is 2.40. The molecule has 0 spiro atoms. The lowest BCUT2D eigenvalue weighted by molar-refractivity contribution is 0.0941. The lowest BCUT2D eigenvalue weighted by Gasteiger charge is -2.21. The van der Waals surface area contributed by atoms with E-state index in [0.717, 1.165) is 5.39 Å². The van der Waals surface area contributed by atoms with Gasteiger partial charge in [-0.05, 0) is 18.1 Å². The molecule has 0 saturated heterocycles. The largest absolute Gasteiger partial charge is 0.392 e. The number of para-hydroxylation sites is 1. The van der Waals surface area contributed by atoms with Crippen LogP contribution in [-0.4, -0.2) is 21.9 Å². The van der Waals surface area contributed by atoms with E-state index < -0.39 is 0 Å². The molecule has 104 valence electrons. The molecule has 5 heteroatoms. The number of fused-ring (bicyclic) bond motifs is 1. The zero-order chi connectivity index (χ0) is 14.7. The molecule has 0 aliphatic heterocycles. The van der Waals surface area contributed by atoms with Crippen LogP contribution in [-0.2, 0) is 0 Å². The Morgan fingerprint density at radius 1 is 1.30 bits per heavy atom. The van der Waals surface area contributed by atoms with Crippen LogP contribution < -0.4 is 11.1 Å². The van der Waals surface area contributed by atoms with Crippen LogP contribution in [0.1, 0.15) is 24.2 Å². The van der Waals surface area contributed by atoms with Crippen LogP contribution in [0.2, 0.25) is 0 Å². The van der Waals surface area contributed by atoms with E-state index >= 15 is 0 Å². The number of amides is 1. The van der Waals surface area contributed by atoms with Gasteiger partial charge in [0.2, 0.25) is 0 Å². The predicted octanol–water partition coefficient (Wildman–Crippen LogP) is 2.28. The van der Waals surface area contributed by atoms with Crippen LogP contribution in [0.4, 0.5) is 0 Å².